The van der Waals surface area contributed by atoms with Crippen LogP contribution in [0.15, 0.2) is 0 Å². The number of rotatable bonds is 6. The molecule has 0 aliphatic heterocycles. The van der Waals surface area contributed by atoms with E-state index in [0.29, 0.717) is 6.42 Å². The van der Waals surface area contributed by atoms with E-state index in [1.165, 1.54) is 0 Å². The van der Waals surface area contributed by atoms with Crippen molar-refractivity contribution in [2.24, 2.45) is 0 Å². The first-order valence-corrected chi connectivity index (χ1v) is 3.64. The zero-order valence-electron chi connectivity index (χ0n) is 6.82. The highest BCUT2D eigenvalue weighted by molar-refractivity contribution is 5.79. The molecule has 0 radical (unpaired) electrons. The maximum Gasteiger partial charge on any atom is 0.333 e. The Hall–Kier alpha value is -1.10. The number of carboxylic acid groups (broad SMARTS) is 2. The van der Waals surface area contributed by atoms with Crippen LogP contribution >= 0.6 is 0 Å². The van der Waals surface area contributed by atoms with Gasteiger partial charge in [-0.15, -0.1) is 0 Å². The van der Waals surface area contributed by atoms with E-state index < -0.39 is 24.5 Å². The van der Waals surface area contributed by atoms with E-state index >= 15 is 0 Å². The van der Waals surface area contributed by atoms with Crippen LogP contribution in [0, 0.1) is 0 Å². The molecule has 0 spiro atoms. The third-order valence-corrected chi connectivity index (χ3v) is 1.16. The normalized spacial score (nSPS) is 12.4. The summed E-state index contributed by atoms with van der Waals surface area (Å²) in [5.74, 6) is -2.40. The van der Waals surface area contributed by atoms with Gasteiger partial charge in [-0.1, -0.05) is 6.92 Å². The molecule has 0 aromatic rings. The lowest BCUT2D eigenvalue weighted by atomic mass is 10.2. The molecular weight excluding hydrogens is 164 g/mol. The van der Waals surface area contributed by atoms with Gasteiger partial charge in [0.25, 0.3) is 0 Å². The summed E-state index contributed by atoms with van der Waals surface area (Å²) in [6.45, 7) is 2.09. The lowest BCUT2D eigenvalue weighted by Crippen LogP contribution is -2.27. The molecule has 0 rings (SSSR count). The number of ether oxygens (including phenoxy) is 1. The van der Waals surface area contributed by atoms with Crippen LogP contribution in [0.25, 0.3) is 0 Å². The van der Waals surface area contributed by atoms with Gasteiger partial charge in [0.15, 0.2) is 6.10 Å². The van der Waals surface area contributed by atoms with Crippen LogP contribution in [0.1, 0.15) is 19.8 Å². The molecule has 0 fully saturated rings. The Morgan fingerprint density at radius 2 is 2.00 bits per heavy atom. The first-order chi connectivity index (χ1) is 5.57. The van der Waals surface area contributed by atoms with Gasteiger partial charge in [-0.05, 0) is 6.42 Å². The fourth-order valence-electron chi connectivity index (χ4n) is 0.636. The number of hydrogen-bond acceptors (Lipinski definition) is 3. The van der Waals surface area contributed by atoms with Crippen LogP contribution in [0.2, 0.25) is 0 Å². The van der Waals surface area contributed by atoms with Gasteiger partial charge in [-0.25, -0.2) is 4.79 Å². The van der Waals surface area contributed by atoms with E-state index in [0.717, 1.165) is 0 Å². The van der Waals surface area contributed by atoms with Crippen molar-refractivity contribution in [2.75, 3.05) is 6.61 Å². The number of carbonyl (C=O) groups is 2. The number of aliphatic carboxylic acids is 2. The second kappa shape index (κ2) is 5.54. The summed E-state index contributed by atoms with van der Waals surface area (Å²) in [4.78, 5) is 20.5. The minimum Gasteiger partial charge on any atom is -0.481 e. The van der Waals surface area contributed by atoms with Crippen LogP contribution in [-0.2, 0) is 14.3 Å². The van der Waals surface area contributed by atoms with Crippen LogP contribution in [0.3, 0.4) is 0 Å². The van der Waals surface area contributed by atoms with E-state index in [2.05, 4.69) is 0 Å². The average molecular weight is 176 g/mol. The quantitative estimate of drug-likeness (QED) is 0.609. The molecule has 0 heterocycles. The summed E-state index contributed by atoms with van der Waals surface area (Å²) in [5.41, 5.74) is 0. The Kier molecular flexibility index (Phi) is 5.03. The predicted octanol–water partition coefficient (Wildman–Crippen LogP) is 0.341. The third kappa shape index (κ3) is 4.68. The molecule has 0 amide bonds. The first kappa shape index (κ1) is 10.9. The molecule has 5 heteroatoms. The Morgan fingerprint density at radius 3 is 2.33 bits per heavy atom. The van der Waals surface area contributed by atoms with Crippen LogP contribution in [0.5, 0.6) is 0 Å². The van der Waals surface area contributed by atoms with E-state index in [9.17, 15) is 9.59 Å². The molecule has 5 nitrogen and oxygen atoms in total. The highest BCUT2D eigenvalue weighted by Gasteiger charge is 2.20. The maximum atomic E-state index is 10.4. The van der Waals surface area contributed by atoms with Crippen molar-refractivity contribution >= 4 is 11.9 Å². The molecule has 0 aromatic carbocycles. The van der Waals surface area contributed by atoms with Gasteiger partial charge >= 0.3 is 11.9 Å². The van der Waals surface area contributed by atoms with Crippen molar-refractivity contribution in [1.82, 2.24) is 0 Å². The van der Waals surface area contributed by atoms with Crippen molar-refractivity contribution in [3.8, 4) is 0 Å². The molecule has 0 saturated carbocycles. The summed E-state index contributed by atoms with van der Waals surface area (Å²) in [6.07, 6.45) is -1.04. The summed E-state index contributed by atoms with van der Waals surface area (Å²) in [7, 11) is 0. The fraction of sp³-hybridized carbons (Fsp3) is 0.714. The van der Waals surface area contributed by atoms with Crippen molar-refractivity contribution in [3.05, 3.63) is 0 Å². The predicted molar refractivity (Wildman–Crippen MR) is 39.9 cm³/mol. The van der Waals surface area contributed by atoms with Gasteiger partial charge in [0, 0.05) is 6.61 Å². The van der Waals surface area contributed by atoms with Crippen LogP contribution < -0.4 is 0 Å². The summed E-state index contributed by atoms with van der Waals surface area (Å²) < 4.78 is 4.78. The van der Waals surface area contributed by atoms with E-state index in [1.54, 1.807) is 0 Å². The zero-order chi connectivity index (χ0) is 9.56. The smallest absolute Gasteiger partial charge is 0.333 e. The summed E-state index contributed by atoms with van der Waals surface area (Å²) >= 11 is 0. The van der Waals surface area contributed by atoms with Gasteiger partial charge in [0.05, 0.1) is 6.42 Å². The summed E-state index contributed by atoms with van der Waals surface area (Å²) in [6, 6.07) is 0. The topological polar surface area (TPSA) is 83.8 Å². The maximum absolute atomic E-state index is 10.4. The van der Waals surface area contributed by atoms with Gasteiger partial charge in [-0.3, -0.25) is 4.79 Å². The van der Waals surface area contributed by atoms with Crippen molar-refractivity contribution in [1.29, 1.82) is 0 Å². The Morgan fingerprint density at radius 1 is 1.42 bits per heavy atom. The highest BCUT2D eigenvalue weighted by atomic mass is 16.5. The second-order valence-electron chi connectivity index (χ2n) is 2.30. The molecule has 0 aromatic heterocycles. The van der Waals surface area contributed by atoms with E-state index in [4.69, 9.17) is 14.9 Å². The first-order valence-electron chi connectivity index (χ1n) is 3.64. The third-order valence-electron chi connectivity index (χ3n) is 1.16. The lowest BCUT2D eigenvalue weighted by molar-refractivity contribution is -0.156. The Labute approximate surface area is 70.0 Å². The Bertz CT molecular complexity index is 165. The molecule has 0 saturated heterocycles. The van der Waals surface area contributed by atoms with E-state index in [-0.39, 0.29) is 6.61 Å². The highest BCUT2D eigenvalue weighted by Crippen LogP contribution is 1.99. The average Bonchev–Trinajstić information content (AvgIpc) is 1.96. The van der Waals surface area contributed by atoms with E-state index in [1.807, 2.05) is 6.92 Å². The van der Waals surface area contributed by atoms with Crippen LogP contribution in [-0.4, -0.2) is 34.9 Å². The number of carboxylic acids is 2. The van der Waals surface area contributed by atoms with Crippen molar-refractivity contribution in [2.45, 2.75) is 25.9 Å². The number of hydrogen-bond donors (Lipinski definition) is 2. The molecule has 2 N–H and O–H groups in total. The van der Waals surface area contributed by atoms with Gasteiger partial charge in [0.2, 0.25) is 0 Å². The standard InChI is InChI=1S/C7H12O5/c1-2-3-12-5(7(10)11)4-6(8)9/h5H,2-4H2,1H3,(H,8,9)(H,10,11)/t5-/m0/s1. The summed E-state index contributed by atoms with van der Waals surface area (Å²) in [5, 5.41) is 16.7. The van der Waals surface area contributed by atoms with Crippen molar-refractivity contribution < 1.29 is 24.5 Å². The largest absolute Gasteiger partial charge is 0.481 e. The molecule has 0 bridgehead atoms. The molecule has 0 aliphatic rings. The zero-order valence-corrected chi connectivity index (χ0v) is 6.82. The van der Waals surface area contributed by atoms with Crippen molar-refractivity contribution in [3.63, 3.8) is 0 Å². The van der Waals surface area contributed by atoms with Gasteiger partial charge < -0.3 is 14.9 Å². The molecule has 0 unspecified atom stereocenters. The minimum absolute atomic E-state index is 0.268. The molecule has 12 heavy (non-hydrogen) atoms. The molecule has 1 atom stereocenters. The van der Waals surface area contributed by atoms with Gasteiger partial charge in [0.1, 0.15) is 0 Å². The molecular formula is C7H12O5. The SMILES string of the molecule is CCCO[C@@H](CC(=O)O)C(=O)O. The monoisotopic (exact) mass is 176 g/mol. The van der Waals surface area contributed by atoms with Gasteiger partial charge in [-0.2, -0.15) is 0 Å². The molecule has 70 valence electrons. The van der Waals surface area contributed by atoms with Crippen LogP contribution in [0.4, 0.5) is 0 Å². The lowest BCUT2D eigenvalue weighted by Gasteiger charge is -2.09. The fourth-order valence-corrected chi connectivity index (χ4v) is 0.636. The minimum atomic E-state index is -1.23. The molecule has 0 aliphatic carbocycles. The second-order valence-corrected chi connectivity index (χ2v) is 2.30. The Balaban J connectivity index is 3.87.